The Balaban J connectivity index is 2.77. The molecule has 0 aliphatic heterocycles. The van der Waals surface area contributed by atoms with Crippen LogP contribution in [0.15, 0.2) is 24.5 Å². The summed E-state index contributed by atoms with van der Waals surface area (Å²) in [7, 11) is 0. The normalized spacial score (nSPS) is 10.4. The Morgan fingerprint density at radius 2 is 2.33 bits per heavy atom. The summed E-state index contributed by atoms with van der Waals surface area (Å²) in [5, 5.41) is 9.86. The van der Waals surface area contributed by atoms with Crippen molar-refractivity contribution in [2.24, 2.45) is 0 Å². The minimum atomic E-state index is -0.603. The molecular formula is C7H5FN2O2. The maximum absolute atomic E-state index is 12.2. The molecule has 0 aromatic carbocycles. The molecule has 1 aromatic heterocycles. The van der Waals surface area contributed by atoms with Crippen molar-refractivity contribution in [3.05, 3.63) is 46.2 Å². The van der Waals surface area contributed by atoms with E-state index in [0.717, 1.165) is 12.3 Å². The van der Waals surface area contributed by atoms with Gasteiger partial charge in [0, 0.05) is 12.3 Å². The van der Waals surface area contributed by atoms with Crippen LogP contribution in [-0.4, -0.2) is 9.91 Å². The largest absolute Gasteiger partial charge is 0.259 e. The Morgan fingerprint density at radius 3 is 2.83 bits per heavy atom. The predicted octanol–water partition coefficient (Wildman–Crippen LogP) is 1.47. The van der Waals surface area contributed by atoms with E-state index in [-0.39, 0.29) is 0 Å². The summed E-state index contributed by atoms with van der Waals surface area (Å²) in [5.41, 5.74) is 0.494. The quantitative estimate of drug-likeness (QED) is 0.381. The summed E-state index contributed by atoms with van der Waals surface area (Å²) in [6, 6.07) is 2.54. The number of hydrogen-bond acceptors (Lipinski definition) is 3. The smallest absolute Gasteiger partial charge is 0.235 e. The Kier molecular flexibility index (Phi) is 2.47. The number of nitro groups is 1. The van der Waals surface area contributed by atoms with Crippen LogP contribution >= 0.6 is 0 Å². The van der Waals surface area contributed by atoms with E-state index in [1.165, 1.54) is 18.3 Å². The fourth-order valence-corrected chi connectivity index (χ4v) is 0.633. The van der Waals surface area contributed by atoms with E-state index in [4.69, 9.17) is 0 Å². The summed E-state index contributed by atoms with van der Waals surface area (Å²) in [5.74, 6) is -0.603. The molecule has 0 aliphatic carbocycles. The van der Waals surface area contributed by atoms with Gasteiger partial charge in [0.05, 0.1) is 4.92 Å². The summed E-state index contributed by atoms with van der Waals surface area (Å²) in [4.78, 5) is 12.6. The van der Waals surface area contributed by atoms with Gasteiger partial charge < -0.3 is 0 Å². The van der Waals surface area contributed by atoms with Gasteiger partial charge in [0.1, 0.15) is 0 Å². The zero-order valence-corrected chi connectivity index (χ0v) is 5.98. The number of aromatic nitrogens is 1. The van der Waals surface area contributed by atoms with Crippen molar-refractivity contribution in [1.82, 2.24) is 4.98 Å². The molecule has 0 N–H and O–H groups in total. The van der Waals surface area contributed by atoms with Crippen molar-refractivity contribution in [2.75, 3.05) is 0 Å². The fraction of sp³-hybridized carbons (Fsp3) is 0. The predicted molar refractivity (Wildman–Crippen MR) is 40.2 cm³/mol. The molecule has 0 aliphatic rings. The van der Waals surface area contributed by atoms with Gasteiger partial charge in [-0.25, -0.2) is 4.98 Å². The van der Waals surface area contributed by atoms with Crippen molar-refractivity contribution >= 4 is 6.08 Å². The molecule has 0 spiro atoms. The van der Waals surface area contributed by atoms with Crippen LogP contribution in [0.1, 0.15) is 5.56 Å². The number of nitrogens with zero attached hydrogens (tertiary/aromatic N) is 2. The molecule has 5 heteroatoms. The van der Waals surface area contributed by atoms with Crippen molar-refractivity contribution in [3.63, 3.8) is 0 Å². The number of halogens is 1. The van der Waals surface area contributed by atoms with Crippen molar-refractivity contribution in [1.29, 1.82) is 0 Å². The molecule has 0 saturated carbocycles. The molecule has 62 valence electrons. The lowest BCUT2D eigenvalue weighted by molar-refractivity contribution is -0.400. The Morgan fingerprint density at radius 1 is 1.58 bits per heavy atom. The molecule has 0 unspecified atom stereocenters. The summed E-state index contributed by atoms with van der Waals surface area (Å²) in [6.07, 6.45) is 3.23. The lowest BCUT2D eigenvalue weighted by Gasteiger charge is -1.88. The van der Waals surface area contributed by atoms with Gasteiger partial charge in [-0.3, -0.25) is 10.1 Å². The first-order valence-electron chi connectivity index (χ1n) is 3.12. The van der Waals surface area contributed by atoms with Crippen LogP contribution in [0.2, 0.25) is 0 Å². The zero-order valence-electron chi connectivity index (χ0n) is 5.98. The maximum Gasteiger partial charge on any atom is 0.235 e. The molecule has 4 nitrogen and oxygen atoms in total. The second kappa shape index (κ2) is 3.56. The van der Waals surface area contributed by atoms with E-state index < -0.39 is 10.9 Å². The minimum absolute atomic E-state index is 0.494. The van der Waals surface area contributed by atoms with Gasteiger partial charge in [-0.05, 0) is 17.7 Å². The van der Waals surface area contributed by atoms with Gasteiger partial charge >= 0.3 is 0 Å². The SMILES string of the molecule is O=[N+]([O-])C=Cc1ccc(F)nc1. The third-order valence-electron chi connectivity index (χ3n) is 1.14. The van der Waals surface area contributed by atoms with E-state index in [1.807, 2.05) is 0 Å². The van der Waals surface area contributed by atoms with Gasteiger partial charge in [-0.15, -0.1) is 0 Å². The second-order valence-corrected chi connectivity index (χ2v) is 2.02. The summed E-state index contributed by atoms with van der Waals surface area (Å²) in [6.45, 7) is 0. The highest BCUT2D eigenvalue weighted by atomic mass is 19.1. The van der Waals surface area contributed by atoms with Crippen molar-refractivity contribution in [2.45, 2.75) is 0 Å². The van der Waals surface area contributed by atoms with Crippen LogP contribution in [0.25, 0.3) is 6.08 Å². The number of pyridine rings is 1. The molecule has 0 fully saturated rings. The van der Waals surface area contributed by atoms with Crippen LogP contribution in [0.4, 0.5) is 4.39 Å². The van der Waals surface area contributed by atoms with Gasteiger partial charge in [-0.2, -0.15) is 4.39 Å². The lowest BCUT2D eigenvalue weighted by atomic mass is 10.3. The summed E-state index contributed by atoms with van der Waals surface area (Å²) < 4.78 is 12.2. The Labute approximate surface area is 67.5 Å². The van der Waals surface area contributed by atoms with Gasteiger partial charge in [0.25, 0.3) is 0 Å². The lowest BCUT2D eigenvalue weighted by Crippen LogP contribution is -1.84. The highest BCUT2D eigenvalue weighted by Gasteiger charge is 1.91. The molecule has 12 heavy (non-hydrogen) atoms. The Bertz CT molecular complexity index is 308. The van der Waals surface area contributed by atoms with E-state index >= 15 is 0 Å². The van der Waals surface area contributed by atoms with Crippen molar-refractivity contribution < 1.29 is 9.31 Å². The van der Waals surface area contributed by atoms with Crippen LogP contribution in [-0.2, 0) is 0 Å². The fourth-order valence-electron chi connectivity index (χ4n) is 0.633. The molecule has 0 radical (unpaired) electrons. The molecule has 0 saturated heterocycles. The van der Waals surface area contributed by atoms with E-state index in [1.54, 1.807) is 0 Å². The first-order chi connectivity index (χ1) is 5.68. The monoisotopic (exact) mass is 168 g/mol. The van der Waals surface area contributed by atoms with Crippen LogP contribution in [0, 0.1) is 16.1 Å². The average molecular weight is 168 g/mol. The number of rotatable bonds is 2. The van der Waals surface area contributed by atoms with Crippen LogP contribution in [0.5, 0.6) is 0 Å². The third-order valence-corrected chi connectivity index (χ3v) is 1.14. The van der Waals surface area contributed by atoms with Crippen LogP contribution < -0.4 is 0 Å². The zero-order chi connectivity index (χ0) is 8.97. The van der Waals surface area contributed by atoms with Crippen molar-refractivity contribution in [3.8, 4) is 0 Å². The number of hydrogen-bond donors (Lipinski definition) is 0. The molecular weight excluding hydrogens is 163 g/mol. The van der Waals surface area contributed by atoms with Gasteiger partial charge in [0.15, 0.2) is 0 Å². The first kappa shape index (κ1) is 8.32. The molecule has 1 rings (SSSR count). The summed E-state index contributed by atoms with van der Waals surface area (Å²) >= 11 is 0. The third kappa shape index (κ3) is 2.45. The first-order valence-corrected chi connectivity index (χ1v) is 3.12. The highest BCUT2D eigenvalue weighted by Crippen LogP contribution is 2.00. The molecule has 0 atom stereocenters. The molecule has 1 heterocycles. The van der Waals surface area contributed by atoms with E-state index in [9.17, 15) is 14.5 Å². The maximum atomic E-state index is 12.2. The molecule has 0 amide bonds. The van der Waals surface area contributed by atoms with Gasteiger partial charge in [-0.1, -0.05) is 0 Å². The molecule has 0 bridgehead atoms. The average Bonchev–Trinajstić information content (AvgIpc) is 2.03. The molecule has 1 aromatic rings. The minimum Gasteiger partial charge on any atom is -0.259 e. The van der Waals surface area contributed by atoms with Gasteiger partial charge in [0.2, 0.25) is 12.1 Å². The second-order valence-electron chi connectivity index (χ2n) is 2.02. The van der Waals surface area contributed by atoms with E-state index in [0.29, 0.717) is 5.56 Å². The van der Waals surface area contributed by atoms with E-state index in [2.05, 4.69) is 4.98 Å². The highest BCUT2D eigenvalue weighted by molar-refractivity contribution is 5.45. The standard InChI is InChI=1S/C7H5FN2O2/c8-7-2-1-6(5-9-7)3-4-10(11)12/h1-5H. The Hall–Kier alpha value is -1.78. The van der Waals surface area contributed by atoms with Crippen LogP contribution in [0.3, 0.4) is 0 Å². The topological polar surface area (TPSA) is 56.0 Å².